The molecule has 2 amide bonds. The van der Waals surface area contributed by atoms with Gasteiger partial charge in [0.05, 0.1) is 0 Å². The number of anilines is 1. The first-order chi connectivity index (χ1) is 16.6. The molecule has 3 N–H and O–H groups in total. The van der Waals surface area contributed by atoms with Crippen molar-refractivity contribution in [1.29, 1.82) is 0 Å². The summed E-state index contributed by atoms with van der Waals surface area (Å²) < 4.78 is 5.91. The standard InChI is InChI=1S/C27H28N4O3/c1-28-14-15-30-27(33)25-18-24(12-13-29-25)34-23-7-2-4-19(16-23)8-11-26(32)31-22-10-9-20-5-3-6-21(20)17-22/h2,4,7-13,16-18,28H,3,5-6,14-15H2,1H3,(H,30,33)(H,31,32)/b11-8+. The van der Waals surface area contributed by atoms with Crippen molar-refractivity contribution in [2.75, 3.05) is 25.5 Å². The van der Waals surface area contributed by atoms with Crippen LogP contribution in [-0.2, 0) is 17.6 Å². The summed E-state index contributed by atoms with van der Waals surface area (Å²) in [5, 5.41) is 8.69. The van der Waals surface area contributed by atoms with Gasteiger partial charge < -0.3 is 20.7 Å². The highest BCUT2D eigenvalue weighted by molar-refractivity contribution is 6.02. The summed E-state index contributed by atoms with van der Waals surface area (Å²) in [4.78, 5) is 28.7. The van der Waals surface area contributed by atoms with Crippen molar-refractivity contribution >= 4 is 23.6 Å². The molecular weight excluding hydrogens is 428 g/mol. The van der Waals surface area contributed by atoms with E-state index in [0.29, 0.717) is 24.6 Å². The molecule has 0 aliphatic heterocycles. The quantitative estimate of drug-likeness (QED) is 0.335. The van der Waals surface area contributed by atoms with Crippen LogP contribution >= 0.6 is 0 Å². The Hall–Kier alpha value is -3.97. The third-order valence-electron chi connectivity index (χ3n) is 5.51. The Balaban J connectivity index is 1.36. The van der Waals surface area contributed by atoms with Crippen molar-refractivity contribution < 1.29 is 14.3 Å². The number of fused-ring (bicyclic) bond motifs is 1. The van der Waals surface area contributed by atoms with E-state index in [4.69, 9.17) is 4.74 Å². The minimum Gasteiger partial charge on any atom is -0.457 e. The van der Waals surface area contributed by atoms with Crippen molar-refractivity contribution in [2.45, 2.75) is 19.3 Å². The third-order valence-corrected chi connectivity index (χ3v) is 5.51. The van der Waals surface area contributed by atoms with Crippen LogP contribution in [0.3, 0.4) is 0 Å². The highest BCUT2D eigenvalue weighted by atomic mass is 16.5. The number of carbonyl (C=O) groups is 2. The van der Waals surface area contributed by atoms with Crippen molar-refractivity contribution in [1.82, 2.24) is 15.6 Å². The van der Waals surface area contributed by atoms with Gasteiger partial charge in [-0.15, -0.1) is 0 Å². The molecule has 1 heterocycles. The Labute approximate surface area is 199 Å². The third kappa shape index (κ3) is 6.30. The number of aromatic nitrogens is 1. The molecule has 0 atom stereocenters. The highest BCUT2D eigenvalue weighted by Crippen LogP contribution is 2.25. The second-order valence-electron chi connectivity index (χ2n) is 8.07. The number of hydrogen-bond acceptors (Lipinski definition) is 5. The zero-order chi connectivity index (χ0) is 23.8. The molecular formula is C27H28N4O3. The summed E-state index contributed by atoms with van der Waals surface area (Å²) >= 11 is 0. The zero-order valence-electron chi connectivity index (χ0n) is 19.1. The predicted octanol–water partition coefficient (Wildman–Crippen LogP) is 3.96. The second kappa shape index (κ2) is 11.2. The number of nitrogens with one attached hydrogen (secondary N) is 3. The van der Waals surface area contributed by atoms with Crippen molar-refractivity contribution in [3.8, 4) is 11.5 Å². The molecule has 2 aromatic carbocycles. The topological polar surface area (TPSA) is 92.4 Å². The van der Waals surface area contributed by atoms with E-state index in [9.17, 15) is 9.59 Å². The lowest BCUT2D eigenvalue weighted by molar-refractivity contribution is -0.111. The SMILES string of the molecule is CNCCNC(=O)c1cc(Oc2cccc(/C=C/C(=O)Nc3ccc4c(c3)CCC4)c2)ccn1. The fraction of sp³-hybridized carbons (Fsp3) is 0.222. The van der Waals surface area contributed by atoms with Gasteiger partial charge in [-0.3, -0.25) is 14.6 Å². The minimum atomic E-state index is -0.258. The Morgan fingerprint density at radius 2 is 1.85 bits per heavy atom. The van der Waals surface area contributed by atoms with Gasteiger partial charge in [-0.2, -0.15) is 0 Å². The average molecular weight is 457 g/mol. The van der Waals surface area contributed by atoms with Crippen LogP contribution in [0.5, 0.6) is 11.5 Å². The van der Waals surface area contributed by atoms with Crippen molar-refractivity contribution in [3.05, 3.63) is 89.3 Å². The number of benzene rings is 2. The molecule has 0 bridgehead atoms. The minimum absolute atomic E-state index is 0.188. The number of carbonyl (C=O) groups excluding carboxylic acids is 2. The van der Waals surface area contributed by atoms with Crippen LogP contribution in [0.25, 0.3) is 6.08 Å². The smallest absolute Gasteiger partial charge is 0.270 e. The van der Waals surface area contributed by atoms with E-state index in [1.54, 1.807) is 18.2 Å². The van der Waals surface area contributed by atoms with Crippen molar-refractivity contribution in [2.24, 2.45) is 0 Å². The first-order valence-corrected chi connectivity index (χ1v) is 11.4. The second-order valence-corrected chi connectivity index (χ2v) is 8.07. The first kappa shape index (κ1) is 23.2. The van der Waals surface area contributed by atoms with Crippen LogP contribution < -0.4 is 20.7 Å². The molecule has 0 unspecified atom stereocenters. The summed E-state index contributed by atoms with van der Waals surface area (Å²) in [6.07, 6.45) is 8.15. The van der Waals surface area contributed by atoms with E-state index in [2.05, 4.69) is 33.1 Å². The molecule has 1 aromatic heterocycles. The molecule has 7 nitrogen and oxygen atoms in total. The molecule has 0 radical (unpaired) electrons. The van der Waals surface area contributed by atoms with Gasteiger partial charge in [0.15, 0.2) is 0 Å². The molecule has 0 fully saturated rings. The van der Waals surface area contributed by atoms with Gasteiger partial charge in [-0.05, 0) is 79.4 Å². The predicted molar refractivity (Wildman–Crippen MR) is 133 cm³/mol. The fourth-order valence-corrected chi connectivity index (χ4v) is 3.81. The van der Waals surface area contributed by atoms with Crippen LogP contribution in [-0.4, -0.2) is 36.9 Å². The summed E-state index contributed by atoms with van der Waals surface area (Å²) in [5.74, 6) is 0.650. The first-order valence-electron chi connectivity index (χ1n) is 11.4. The van der Waals surface area contributed by atoms with E-state index < -0.39 is 0 Å². The van der Waals surface area contributed by atoms with Gasteiger partial charge >= 0.3 is 0 Å². The molecule has 7 heteroatoms. The number of hydrogen-bond donors (Lipinski definition) is 3. The summed E-state index contributed by atoms with van der Waals surface area (Å²) in [7, 11) is 1.82. The lowest BCUT2D eigenvalue weighted by atomic mass is 10.1. The zero-order valence-corrected chi connectivity index (χ0v) is 19.1. The molecule has 1 aliphatic carbocycles. The van der Waals surface area contributed by atoms with Gasteiger partial charge in [-0.25, -0.2) is 0 Å². The lowest BCUT2D eigenvalue weighted by Crippen LogP contribution is -2.30. The summed E-state index contributed by atoms with van der Waals surface area (Å²) in [6.45, 7) is 1.18. The van der Waals surface area contributed by atoms with Gasteiger partial charge in [0.2, 0.25) is 5.91 Å². The molecule has 0 saturated carbocycles. The molecule has 34 heavy (non-hydrogen) atoms. The number of likely N-dealkylation sites (N-methyl/N-ethyl adjacent to an activating group) is 1. The van der Waals surface area contributed by atoms with Crippen LogP contribution in [0.1, 0.15) is 33.6 Å². The van der Waals surface area contributed by atoms with Crippen molar-refractivity contribution in [3.63, 3.8) is 0 Å². The van der Waals surface area contributed by atoms with Crippen LogP contribution in [0.4, 0.5) is 5.69 Å². The van der Waals surface area contributed by atoms with Gasteiger partial charge in [0.1, 0.15) is 17.2 Å². The number of aryl methyl sites for hydroxylation is 2. The van der Waals surface area contributed by atoms with Crippen LogP contribution in [0, 0.1) is 0 Å². The van der Waals surface area contributed by atoms with E-state index >= 15 is 0 Å². The molecule has 3 aromatic rings. The van der Waals surface area contributed by atoms with E-state index in [1.807, 2.05) is 37.4 Å². The largest absolute Gasteiger partial charge is 0.457 e. The maximum atomic E-state index is 12.4. The van der Waals surface area contributed by atoms with E-state index in [1.165, 1.54) is 29.8 Å². The molecule has 0 saturated heterocycles. The summed E-state index contributed by atoms with van der Waals surface area (Å²) in [6, 6.07) is 16.8. The Morgan fingerprint density at radius 3 is 2.74 bits per heavy atom. The molecule has 4 rings (SSSR count). The average Bonchev–Trinajstić information content (AvgIpc) is 3.31. The van der Waals surface area contributed by atoms with Gasteiger partial charge in [-0.1, -0.05) is 18.2 Å². The van der Waals surface area contributed by atoms with Crippen LogP contribution in [0.15, 0.2) is 66.9 Å². The Morgan fingerprint density at radius 1 is 1.00 bits per heavy atom. The number of nitrogens with zero attached hydrogens (tertiary/aromatic N) is 1. The number of ether oxygens (including phenoxy) is 1. The van der Waals surface area contributed by atoms with Gasteiger partial charge in [0, 0.05) is 37.1 Å². The molecule has 174 valence electrons. The molecule has 0 spiro atoms. The summed E-state index contributed by atoms with van der Waals surface area (Å²) in [5.41, 5.74) is 4.62. The highest BCUT2D eigenvalue weighted by Gasteiger charge is 2.11. The Kier molecular flexibility index (Phi) is 7.67. The fourth-order valence-electron chi connectivity index (χ4n) is 3.81. The maximum absolute atomic E-state index is 12.4. The van der Waals surface area contributed by atoms with E-state index in [0.717, 1.165) is 24.1 Å². The Bertz CT molecular complexity index is 1210. The normalized spacial score (nSPS) is 12.4. The number of rotatable bonds is 9. The maximum Gasteiger partial charge on any atom is 0.270 e. The lowest BCUT2D eigenvalue weighted by Gasteiger charge is -2.08. The number of amides is 2. The monoisotopic (exact) mass is 456 g/mol. The number of pyridine rings is 1. The van der Waals surface area contributed by atoms with E-state index in [-0.39, 0.29) is 17.5 Å². The van der Waals surface area contributed by atoms with Crippen LogP contribution in [0.2, 0.25) is 0 Å². The molecule has 1 aliphatic rings. The van der Waals surface area contributed by atoms with Gasteiger partial charge in [0.25, 0.3) is 5.91 Å².